The maximum Gasteiger partial charge on any atom is 0.513 e. The van der Waals surface area contributed by atoms with Gasteiger partial charge in [0.25, 0.3) is 0 Å². The van der Waals surface area contributed by atoms with E-state index < -0.39 is 11.1 Å². The van der Waals surface area contributed by atoms with Gasteiger partial charge in [0.05, 0.1) is 15.1 Å². The van der Waals surface area contributed by atoms with Crippen molar-refractivity contribution in [2.24, 2.45) is 0 Å². The zero-order valence-corrected chi connectivity index (χ0v) is 13.8. The van der Waals surface area contributed by atoms with Crippen LogP contribution in [0.15, 0.2) is 24.2 Å². The summed E-state index contributed by atoms with van der Waals surface area (Å²) in [7, 11) is 0. The van der Waals surface area contributed by atoms with Gasteiger partial charge in [0.1, 0.15) is 11.1 Å². The van der Waals surface area contributed by atoms with Crippen molar-refractivity contribution in [3.05, 3.63) is 24.7 Å². The number of halogens is 3. The molecule has 0 aliphatic heterocycles. The number of hydrogen-bond acceptors (Lipinski definition) is 6. The van der Waals surface area contributed by atoms with E-state index in [1.807, 2.05) is 0 Å². The van der Waals surface area contributed by atoms with Gasteiger partial charge >= 0.3 is 11.1 Å². The molecular formula is C10H5Br2ClO5S. The Morgan fingerprint density at radius 2 is 2.21 bits per heavy atom. The van der Waals surface area contributed by atoms with E-state index in [1.165, 1.54) is 0 Å². The number of benzene rings is 1. The number of carbonyl (C=O) groups excluding carboxylic acids is 1. The van der Waals surface area contributed by atoms with Crippen LogP contribution in [0.4, 0.5) is 4.79 Å². The minimum atomic E-state index is -0.890. The Bertz CT molecular complexity index is 680. The zero-order chi connectivity index (χ0) is 14.0. The van der Waals surface area contributed by atoms with Gasteiger partial charge < -0.3 is 13.9 Å². The van der Waals surface area contributed by atoms with Crippen molar-refractivity contribution < 1.29 is 18.7 Å². The lowest BCUT2D eigenvalue weighted by molar-refractivity contribution is 0.104. The van der Waals surface area contributed by atoms with Crippen LogP contribution >= 0.6 is 54.8 Å². The zero-order valence-electron chi connectivity index (χ0n) is 9.07. The van der Waals surface area contributed by atoms with Crippen molar-refractivity contribution in [1.29, 1.82) is 0 Å². The Morgan fingerprint density at radius 1 is 1.47 bits per heavy atom. The molecule has 0 aliphatic carbocycles. The second-order valence-electron chi connectivity index (χ2n) is 3.17. The highest BCUT2D eigenvalue weighted by molar-refractivity contribution is 9.11. The molecule has 0 amide bonds. The average Bonchev–Trinajstić information content (AvgIpc) is 2.72. The molecule has 0 radical (unpaired) electrons. The first-order chi connectivity index (χ1) is 9.02. The van der Waals surface area contributed by atoms with Gasteiger partial charge in [0, 0.05) is 0 Å². The van der Waals surface area contributed by atoms with Crippen LogP contribution in [0.1, 0.15) is 0 Å². The highest BCUT2D eigenvalue weighted by Crippen LogP contribution is 2.40. The molecule has 5 nitrogen and oxygen atoms in total. The number of fused-ring (bicyclic) bond motifs is 1. The molecule has 1 aromatic carbocycles. The SMILES string of the molecule is O=C(OCCCl)Oc1c(Br)cc2sc(=O)oc2c1Br. The van der Waals surface area contributed by atoms with E-state index in [4.69, 9.17) is 25.5 Å². The predicted octanol–water partition coefficient (Wildman–Crippen LogP) is 4.13. The molecule has 9 heteroatoms. The van der Waals surface area contributed by atoms with Crippen LogP contribution in [0.2, 0.25) is 0 Å². The van der Waals surface area contributed by atoms with Crippen LogP contribution in [0.5, 0.6) is 5.75 Å². The Hall–Kier alpha value is -0.570. The van der Waals surface area contributed by atoms with Crippen LogP contribution in [-0.4, -0.2) is 18.6 Å². The molecule has 0 unspecified atom stereocenters. The summed E-state index contributed by atoms with van der Waals surface area (Å²) in [6, 6.07) is 1.62. The van der Waals surface area contributed by atoms with Gasteiger partial charge in [0.2, 0.25) is 0 Å². The highest BCUT2D eigenvalue weighted by atomic mass is 79.9. The molecule has 2 rings (SSSR count). The fraction of sp³-hybridized carbons (Fsp3) is 0.200. The van der Waals surface area contributed by atoms with E-state index in [9.17, 15) is 9.59 Å². The van der Waals surface area contributed by atoms with E-state index in [-0.39, 0.29) is 18.2 Å². The minimum Gasteiger partial charge on any atom is -0.433 e. The van der Waals surface area contributed by atoms with Gasteiger partial charge in [-0.05, 0) is 37.9 Å². The molecule has 0 fully saturated rings. The van der Waals surface area contributed by atoms with Gasteiger partial charge in [-0.1, -0.05) is 11.3 Å². The Kier molecular flexibility index (Phi) is 4.88. The molecule has 0 saturated heterocycles. The number of carbonyl (C=O) groups is 1. The summed E-state index contributed by atoms with van der Waals surface area (Å²) < 4.78 is 16.2. The summed E-state index contributed by atoms with van der Waals surface area (Å²) in [5, 5.41) is 0. The summed E-state index contributed by atoms with van der Waals surface area (Å²) in [5.41, 5.74) is 0.318. The molecule has 2 aromatic rings. The van der Waals surface area contributed by atoms with E-state index in [1.54, 1.807) is 6.07 Å². The van der Waals surface area contributed by atoms with Crippen molar-refractivity contribution in [3.63, 3.8) is 0 Å². The third-order valence-electron chi connectivity index (χ3n) is 1.96. The monoisotopic (exact) mass is 430 g/mol. The summed E-state index contributed by atoms with van der Waals surface area (Å²) in [4.78, 5) is 22.1. The normalized spacial score (nSPS) is 10.7. The Labute approximate surface area is 132 Å². The van der Waals surface area contributed by atoms with Crippen LogP contribution < -0.4 is 9.68 Å². The first-order valence-electron chi connectivity index (χ1n) is 4.85. The molecule has 0 bridgehead atoms. The predicted molar refractivity (Wildman–Crippen MR) is 78.5 cm³/mol. The van der Waals surface area contributed by atoms with Crippen molar-refractivity contribution in [2.75, 3.05) is 12.5 Å². The maximum absolute atomic E-state index is 11.4. The van der Waals surface area contributed by atoms with Crippen LogP contribution in [0, 0.1) is 0 Å². The number of ether oxygens (including phenoxy) is 2. The first kappa shape index (κ1) is 14.8. The topological polar surface area (TPSA) is 65.7 Å². The number of rotatable bonds is 3. The lowest BCUT2D eigenvalue weighted by Gasteiger charge is -2.08. The molecule has 0 N–H and O–H groups in total. The number of hydrogen-bond donors (Lipinski definition) is 0. The molecule has 19 heavy (non-hydrogen) atoms. The average molecular weight is 432 g/mol. The smallest absolute Gasteiger partial charge is 0.433 e. The van der Waals surface area contributed by atoms with Crippen molar-refractivity contribution >= 4 is 71.2 Å². The van der Waals surface area contributed by atoms with Gasteiger partial charge in [0.15, 0.2) is 11.3 Å². The molecule has 102 valence electrons. The van der Waals surface area contributed by atoms with Crippen LogP contribution in [0.25, 0.3) is 10.3 Å². The van der Waals surface area contributed by atoms with Crippen molar-refractivity contribution in [1.82, 2.24) is 0 Å². The van der Waals surface area contributed by atoms with E-state index in [0.717, 1.165) is 11.3 Å². The fourth-order valence-corrected chi connectivity index (χ4v) is 3.70. The van der Waals surface area contributed by atoms with Crippen LogP contribution in [-0.2, 0) is 4.74 Å². The van der Waals surface area contributed by atoms with E-state index in [2.05, 4.69) is 31.9 Å². The molecule has 1 aromatic heterocycles. The lowest BCUT2D eigenvalue weighted by Crippen LogP contribution is -2.12. The summed E-state index contributed by atoms with van der Waals surface area (Å²) >= 11 is 12.8. The summed E-state index contributed by atoms with van der Waals surface area (Å²) in [6.45, 7) is 0.0470. The third kappa shape index (κ3) is 3.31. The largest absolute Gasteiger partial charge is 0.513 e. The molecule has 0 saturated carbocycles. The van der Waals surface area contributed by atoms with E-state index in [0.29, 0.717) is 19.2 Å². The van der Waals surface area contributed by atoms with Gasteiger partial charge in [-0.3, -0.25) is 0 Å². The first-order valence-corrected chi connectivity index (χ1v) is 7.79. The number of alkyl halides is 1. The minimum absolute atomic E-state index is 0.0470. The Balaban J connectivity index is 2.37. The quantitative estimate of drug-likeness (QED) is 0.415. The van der Waals surface area contributed by atoms with E-state index >= 15 is 0 Å². The second-order valence-corrected chi connectivity index (χ2v) is 6.17. The van der Waals surface area contributed by atoms with Crippen molar-refractivity contribution in [2.45, 2.75) is 0 Å². The second kappa shape index (κ2) is 6.25. The summed E-state index contributed by atoms with van der Waals surface area (Å²) in [5.74, 6) is 0.351. The third-order valence-corrected chi connectivity index (χ3v) is 4.20. The van der Waals surface area contributed by atoms with Gasteiger partial charge in [-0.25, -0.2) is 9.59 Å². The summed E-state index contributed by atoms with van der Waals surface area (Å²) in [6.07, 6.45) is -0.890. The standard InChI is InChI=1S/C10H5Br2ClO5S/c11-4-3-5-8(18-10(15)19-5)6(12)7(4)17-9(14)16-2-1-13/h3H,1-2H2. The Morgan fingerprint density at radius 3 is 2.89 bits per heavy atom. The van der Waals surface area contributed by atoms with Crippen LogP contribution in [0.3, 0.4) is 0 Å². The molecule has 0 spiro atoms. The lowest BCUT2D eigenvalue weighted by atomic mass is 10.3. The maximum atomic E-state index is 11.4. The molecule has 0 atom stereocenters. The molecular weight excluding hydrogens is 427 g/mol. The van der Waals surface area contributed by atoms with Gasteiger partial charge in [-0.2, -0.15) is 0 Å². The fourth-order valence-electron chi connectivity index (χ4n) is 1.26. The molecule has 0 aliphatic rings. The van der Waals surface area contributed by atoms with Crippen molar-refractivity contribution in [3.8, 4) is 5.75 Å². The highest BCUT2D eigenvalue weighted by Gasteiger charge is 2.19. The molecule has 1 heterocycles. The van der Waals surface area contributed by atoms with Gasteiger partial charge in [-0.15, -0.1) is 11.6 Å².